The highest BCUT2D eigenvalue weighted by atomic mass is 35.5. The summed E-state index contributed by atoms with van der Waals surface area (Å²) in [7, 11) is 0. The molecule has 0 spiro atoms. The molecule has 0 heterocycles. The molecule has 0 aliphatic carbocycles. The van der Waals surface area contributed by atoms with Crippen LogP contribution >= 0.6 is 11.6 Å². The van der Waals surface area contributed by atoms with Crippen LogP contribution in [0.1, 0.15) is 24.0 Å². The zero-order valence-corrected chi connectivity index (χ0v) is 7.89. The molecule has 0 saturated heterocycles. The molecule has 1 rings (SSSR count). The molecule has 2 heteroatoms. The lowest BCUT2D eigenvalue weighted by Gasteiger charge is -2.06. The average Bonchev–Trinajstić information content (AvgIpc) is 2.08. The minimum atomic E-state index is -0.127. The van der Waals surface area contributed by atoms with E-state index in [0.29, 0.717) is 5.02 Å². The molecule has 0 N–H and O–H groups in total. The van der Waals surface area contributed by atoms with Gasteiger partial charge >= 0.3 is 0 Å². The van der Waals surface area contributed by atoms with Crippen LogP contribution in [0.25, 0.3) is 0 Å². The summed E-state index contributed by atoms with van der Waals surface area (Å²) in [5, 5.41) is 9.37. The summed E-state index contributed by atoms with van der Waals surface area (Å²) in [6, 6.07) is 7.89. The summed E-state index contributed by atoms with van der Waals surface area (Å²) in [5.41, 5.74) is 2.05. The van der Waals surface area contributed by atoms with Crippen molar-refractivity contribution in [1.82, 2.24) is 0 Å². The lowest BCUT2D eigenvalue weighted by molar-refractivity contribution is 0.979. The predicted octanol–water partition coefficient (Wildman–Crippen LogP) is 3.28. The Bertz CT molecular complexity index is 325. The van der Waals surface area contributed by atoms with Gasteiger partial charge in [0.2, 0.25) is 0 Å². The van der Waals surface area contributed by atoms with Gasteiger partial charge < -0.3 is 0 Å². The van der Waals surface area contributed by atoms with Gasteiger partial charge in [0.25, 0.3) is 0 Å². The summed E-state index contributed by atoms with van der Waals surface area (Å²) in [4.78, 5) is 0. The molecule has 1 atom stereocenters. The van der Waals surface area contributed by atoms with Crippen LogP contribution in [0.15, 0.2) is 18.2 Å². The quantitative estimate of drug-likeness (QED) is 0.649. The van der Waals surface area contributed by atoms with Crippen LogP contribution < -0.4 is 0 Å². The highest BCUT2D eigenvalue weighted by molar-refractivity contribution is 6.31. The van der Waals surface area contributed by atoms with Gasteiger partial charge in [-0.05, 0) is 25.5 Å². The molecule has 0 radical (unpaired) electrons. The normalized spacial score (nSPS) is 12.2. The fraction of sp³-hybridized carbons (Fsp3) is 0.300. The summed E-state index contributed by atoms with van der Waals surface area (Å²) < 4.78 is 0. The van der Waals surface area contributed by atoms with Crippen molar-refractivity contribution in [2.45, 2.75) is 19.8 Å². The predicted molar refractivity (Wildman–Crippen MR) is 50.2 cm³/mol. The lowest BCUT2D eigenvalue weighted by Crippen LogP contribution is -1.91. The molecule has 1 aromatic rings. The highest BCUT2D eigenvalue weighted by Gasteiger charge is 2.07. The smallest absolute Gasteiger partial charge is 0.0701 e. The molecular weight excluding hydrogens is 170 g/mol. The first-order chi connectivity index (χ1) is 5.65. The van der Waals surface area contributed by atoms with Gasteiger partial charge in [0.1, 0.15) is 0 Å². The summed E-state index contributed by atoms with van der Waals surface area (Å²) in [6.45, 7) is 3.84. The van der Waals surface area contributed by atoms with Crippen molar-refractivity contribution in [2.75, 3.05) is 0 Å². The maximum absolute atomic E-state index is 8.69. The largest absolute Gasteiger partial charge is 0.198 e. The van der Waals surface area contributed by atoms with E-state index < -0.39 is 0 Å². The van der Waals surface area contributed by atoms with Crippen LogP contribution in [0.5, 0.6) is 0 Å². The first-order valence-electron chi connectivity index (χ1n) is 3.81. The van der Waals surface area contributed by atoms with E-state index >= 15 is 0 Å². The Hall–Kier alpha value is -1.00. The van der Waals surface area contributed by atoms with Crippen LogP contribution in [-0.2, 0) is 0 Å². The second kappa shape index (κ2) is 3.60. The topological polar surface area (TPSA) is 23.8 Å². The Morgan fingerprint density at radius 3 is 2.75 bits per heavy atom. The second-order valence-electron chi connectivity index (χ2n) is 2.88. The van der Waals surface area contributed by atoms with Gasteiger partial charge in [-0.15, -0.1) is 0 Å². The standard InChI is InChI=1S/C10H10ClN/c1-7-3-4-10(11)9(5-7)8(2)6-12/h3-5,8H,1-2H3. The van der Waals surface area contributed by atoms with Crippen molar-refractivity contribution in [2.24, 2.45) is 0 Å². The Balaban J connectivity index is 3.15. The number of nitriles is 1. The van der Waals surface area contributed by atoms with Crippen molar-refractivity contribution in [3.63, 3.8) is 0 Å². The van der Waals surface area contributed by atoms with Gasteiger partial charge in [-0.1, -0.05) is 29.3 Å². The Morgan fingerprint density at radius 2 is 2.17 bits per heavy atom. The van der Waals surface area contributed by atoms with E-state index in [-0.39, 0.29) is 5.92 Å². The Labute approximate surface area is 77.6 Å². The second-order valence-corrected chi connectivity index (χ2v) is 3.28. The molecule has 0 amide bonds. The molecular formula is C10H10ClN. The van der Waals surface area contributed by atoms with Crippen LogP contribution in [0.4, 0.5) is 0 Å². The van der Waals surface area contributed by atoms with Crippen LogP contribution in [0, 0.1) is 18.3 Å². The van der Waals surface area contributed by atoms with Gasteiger partial charge in [-0.2, -0.15) is 5.26 Å². The van der Waals surface area contributed by atoms with Gasteiger partial charge in [0.15, 0.2) is 0 Å². The van der Waals surface area contributed by atoms with Crippen molar-refractivity contribution < 1.29 is 0 Å². The minimum Gasteiger partial charge on any atom is -0.198 e. The number of aryl methyl sites for hydroxylation is 1. The van der Waals surface area contributed by atoms with Crippen molar-refractivity contribution in [1.29, 1.82) is 5.26 Å². The van der Waals surface area contributed by atoms with E-state index in [9.17, 15) is 0 Å². The molecule has 0 aromatic heterocycles. The number of halogens is 1. The number of hydrogen-bond donors (Lipinski definition) is 0. The fourth-order valence-electron chi connectivity index (χ4n) is 1.06. The summed E-state index contributed by atoms with van der Waals surface area (Å²) in [5.74, 6) is -0.127. The summed E-state index contributed by atoms with van der Waals surface area (Å²) >= 11 is 5.92. The first-order valence-corrected chi connectivity index (χ1v) is 4.18. The molecule has 62 valence electrons. The molecule has 1 unspecified atom stereocenters. The van der Waals surface area contributed by atoms with E-state index in [2.05, 4.69) is 6.07 Å². The van der Waals surface area contributed by atoms with Gasteiger partial charge in [-0.3, -0.25) is 0 Å². The maximum atomic E-state index is 8.69. The molecule has 0 aliphatic rings. The first kappa shape index (κ1) is 9.09. The maximum Gasteiger partial charge on any atom is 0.0701 e. The van der Waals surface area contributed by atoms with E-state index in [1.807, 2.05) is 32.0 Å². The lowest BCUT2D eigenvalue weighted by atomic mass is 10.0. The third kappa shape index (κ3) is 1.78. The average molecular weight is 180 g/mol. The molecule has 0 fully saturated rings. The summed E-state index contributed by atoms with van der Waals surface area (Å²) in [6.07, 6.45) is 0. The van der Waals surface area contributed by atoms with Crippen LogP contribution in [0.3, 0.4) is 0 Å². The van der Waals surface area contributed by atoms with Crippen molar-refractivity contribution in [3.05, 3.63) is 34.3 Å². The molecule has 1 nitrogen and oxygen atoms in total. The zero-order valence-electron chi connectivity index (χ0n) is 7.13. The van der Waals surface area contributed by atoms with Crippen molar-refractivity contribution in [3.8, 4) is 6.07 Å². The number of hydrogen-bond acceptors (Lipinski definition) is 1. The van der Waals surface area contributed by atoms with Gasteiger partial charge in [0, 0.05) is 5.02 Å². The number of nitrogens with zero attached hydrogens (tertiary/aromatic N) is 1. The Kier molecular flexibility index (Phi) is 2.73. The third-order valence-corrected chi connectivity index (χ3v) is 2.16. The molecule has 12 heavy (non-hydrogen) atoms. The Morgan fingerprint density at radius 1 is 1.50 bits per heavy atom. The van der Waals surface area contributed by atoms with Gasteiger partial charge in [0.05, 0.1) is 12.0 Å². The van der Waals surface area contributed by atoms with Gasteiger partial charge in [-0.25, -0.2) is 0 Å². The van der Waals surface area contributed by atoms with Crippen LogP contribution in [0.2, 0.25) is 5.02 Å². The van der Waals surface area contributed by atoms with E-state index in [1.165, 1.54) is 0 Å². The molecule has 1 aromatic carbocycles. The van der Waals surface area contributed by atoms with E-state index in [1.54, 1.807) is 0 Å². The van der Waals surface area contributed by atoms with E-state index in [4.69, 9.17) is 16.9 Å². The zero-order chi connectivity index (χ0) is 9.14. The van der Waals surface area contributed by atoms with Crippen molar-refractivity contribution >= 4 is 11.6 Å². The van der Waals surface area contributed by atoms with E-state index in [0.717, 1.165) is 11.1 Å². The minimum absolute atomic E-state index is 0.127. The van der Waals surface area contributed by atoms with Crippen LogP contribution in [-0.4, -0.2) is 0 Å². The molecule has 0 bridgehead atoms. The highest BCUT2D eigenvalue weighted by Crippen LogP contribution is 2.24. The fourth-order valence-corrected chi connectivity index (χ4v) is 1.35. The molecule has 0 aliphatic heterocycles. The SMILES string of the molecule is Cc1ccc(Cl)c(C(C)C#N)c1. The monoisotopic (exact) mass is 179 g/mol. The molecule has 0 saturated carbocycles. The number of benzene rings is 1. The third-order valence-electron chi connectivity index (χ3n) is 1.81. The number of rotatable bonds is 1.